The van der Waals surface area contributed by atoms with Crippen LogP contribution in [0.2, 0.25) is 0 Å². The Hall–Kier alpha value is -1.85. The summed E-state index contributed by atoms with van der Waals surface area (Å²) >= 11 is 0. The lowest BCUT2D eigenvalue weighted by Crippen LogP contribution is -2.21. The van der Waals surface area contributed by atoms with Crippen LogP contribution in [0.25, 0.3) is 11.2 Å². The molecule has 0 unspecified atom stereocenters. The van der Waals surface area contributed by atoms with Crippen molar-refractivity contribution >= 4 is 11.2 Å². The number of H-pyrrole nitrogens is 3. The van der Waals surface area contributed by atoms with Crippen molar-refractivity contribution in [3.8, 4) is 0 Å². The fourth-order valence-electron chi connectivity index (χ4n) is 2.92. The molecule has 2 heterocycles. The molecule has 1 saturated carbocycles. The van der Waals surface area contributed by atoms with Gasteiger partial charge in [0.05, 0.1) is 0 Å². The lowest BCUT2D eigenvalue weighted by Gasteiger charge is -2.11. The SMILES string of the molecule is O=c1[nH]c(=O)c2[nH]c(CC3CCCCCC3)nc2[nH]1. The van der Waals surface area contributed by atoms with Gasteiger partial charge in [-0.3, -0.25) is 14.8 Å². The van der Waals surface area contributed by atoms with Gasteiger partial charge in [-0.2, -0.15) is 0 Å². The van der Waals surface area contributed by atoms with Gasteiger partial charge in [0.2, 0.25) is 0 Å². The second-order valence-corrected chi connectivity index (χ2v) is 5.38. The van der Waals surface area contributed by atoms with Crippen LogP contribution < -0.4 is 11.2 Å². The molecule has 0 bridgehead atoms. The smallest absolute Gasteiger partial charge is 0.327 e. The van der Waals surface area contributed by atoms with Gasteiger partial charge in [0, 0.05) is 6.42 Å². The highest BCUT2D eigenvalue weighted by molar-refractivity contribution is 5.68. The van der Waals surface area contributed by atoms with Gasteiger partial charge in [0.1, 0.15) is 11.3 Å². The van der Waals surface area contributed by atoms with Crippen molar-refractivity contribution in [3.63, 3.8) is 0 Å². The third-order valence-corrected chi connectivity index (χ3v) is 3.90. The Labute approximate surface area is 109 Å². The molecule has 2 aromatic rings. The van der Waals surface area contributed by atoms with E-state index in [1.807, 2.05) is 0 Å². The van der Waals surface area contributed by atoms with Crippen molar-refractivity contribution < 1.29 is 0 Å². The van der Waals surface area contributed by atoms with Gasteiger partial charge in [0.25, 0.3) is 5.56 Å². The molecule has 2 aromatic heterocycles. The Morgan fingerprint density at radius 1 is 1.00 bits per heavy atom. The van der Waals surface area contributed by atoms with Crippen LogP contribution in [0.1, 0.15) is 44.3 Å². The Balaban J connectivity index is 1.87. The van der Waals surface area contributed by atoms with Crippen molar-refractivity contribution in [2.75, 3.05) is 0 Å². The molecule has 0 atom stereocenters. The van der Waals surface area contributed by atoms with E-state index in [1.54, 1.807) is 0 Å². The molecule has 3 N–H and O–H groups in total. The number of hydrogen-bond donors (Lipinski definition) is 3. The number of nitrogens with zero attached hydrogens (tertiary/aromatic N) is 1. The van der Waals surface area contributed by atoms with Crippen LogP contribution >= 0.6 is 0 Å². The standard InChI is InChI=1S/C13H18N4O2/c18-12-10-11(16-13(19)17-12)15-9(14-10)7-8-5-3-1-2-4-6-8/h8H,1-7H2,(H3,14,15,16,17,18,19). The first-order valence-corrected chi connectivity index (χ1v) is 6.93. The van der Waals surface area contributed by atoms with Gasteiger partial charge in [-0.05, 0) is 5.92 Å². The highest BCUT2D eigenvalue weighted by Crippen LogP contribution is 2.25. The maximum absolute atomic E-state index is 11.6. The first-order valence-electron chi connectivity index (χ1n) is 6.93. The summed E-state index contributed by atoms with van der Waals surface area (Å²) < 4.78 is 0. The molecular formula is C13H18N4O2. The molecule has 0 amide bonds. The van der Waals surface area contributed by atoms with Gasteiger partial charge in [-0.15, -0.1) is 0 Å². The molecule has 1 aliphatic rings. The predicted octanol–water partition coefficient (Wildman–Crippen LogP) is 1.45. The fraction of sp³-hybridized carbons (Fsp3) is 0.615. The number of aromatic amines is 3. The van der Waals surface area contributed by atoms with Crippen molar-refractivity contribution in [2.24, 2.45) is 5.92 Å². The van der Waals surface area contributed by atoms with E-state index < -0.39 is 11.2 Å². The summed E-state index contributed by atoms with van der Waals surface area (Å²) in [6, 6.07) is 0. The number of hydrogen-bond acceptors (Lipinski definition) is 3. The predicted molar refractivity (Wildman–Crippen MR) is 72.2 cm³/mol. The summed E-state index contributed by atoms with van der Waals surface area (Å²) in [6.45, 7) is 0. The van der Waals surface area contributed by atoms with Crippen LogP contribution in [-0.2, 0) is 6.42 Å². The van der Waals surface area contributed by atoms with Crippen LogP contribution in [0.5, 0.6) is 0 Å². The number of imidazole rings is 1. The van der Waals surface area contributed by atoms with E-state index in [0.29, 0.717) is 17.1 Å². The lowest BCUT2D eigenvalue weighted by molar-refractivity contribution is 0.450. The van der Waals surface area contributed by atoms with E-state index in [1.165, 1.54) is 38.5 Å². The Bertz CT molecular complexity index is 674. The highest BCUT2D eigenvalue weighted by atomic mass is 16.2. The second-order valence-electron chi connectivity index (χ2n) is 5.38. The molecule has 6 nitrogen and oxygen atoms in total. The zero-order valence-corrected chi connectivity index (χ0v) is 10.8. The van der Waals surface area contributed by atoms with Crippen molar-refractivity contribution in [1.82, 2.24) is 19.9 Å². The van der Waals surface area contributed by atoms with Gasteiger partial charge in [-0.1, -0.05) is 38.5 Å². The molecule has 0 aromatic carbocycles. The van der Waals surface area contributed by atoms with E-state index in [9.17, 15) is 9.59 Å². The summed E-state index contributed by atoms with van der Waals surface area (Å²) in [6.07, 6.45) is 8.52. The first kappa shape index (κ1) is 12.2. The minimum absolute atomic E-state index is 0.359. The molecule has 0 aliphatic heterocycles. The van der Waals surface area contributed by atoms with E-state index in [2.05, 4.69) is 19.9 Å². The number of nitrogens with one attached hydrogen (secondary N) is 3. The lowest BCUT2D eigenvalue weighted by atomic mass is 9.96. The van der Waals surface area contributed by atoms with Crippen LogP contribution in [-0.4, -0.2) is 19.9 Å². The minimum atomic E-state index is -0.509. The quantitative estimate of drug-likeness (QED) is 0.715. The summed E-state index contributed by atoms with van der Waals surface area (Å²) in [7, 11) is 0. The molecule has 3 rings (SSSR count). The fourth-order valence-corrected chi connectivity index (χ4v) is 2.92. The summed E-state index contributed by atoms with van der Waals surface area (Å²) in [5, 5.41) is 0. The van der Waals surface area contributed by atoms with E-state index in [-0.39, 0.29) is 0 Å². The Kier molecular flexibility index (Phi) is 3.23. The molecular weight excluding hydrogens is 244 g/mol. The number of rotatable bonds is 2. The summed E-state index contributed by atoms with van der Waals surface area (Å²) in [4.78, 5) is 34.9. The second kappa shape index (κ2) is 5.03. The van der Waals surface area contributed by atoms with E-state index in [4.69, 9.17) is 0 Å². The van der Waals surface area contributed by atoms with Crippen molar-refractivity contribution in [1.29, 1.82) is 0 Å². The van der Waals surface area contributed by atoms with Crippen LogP contribution in [0.3, 0.4) is 0 Å². The Morgan fingerprint density at radius 2 is 1.74 bits per heavy atom. The van der Waals surface area contributed by atoms with Gasteiger partial charge in [-0.25, -0.2) is 9.78 Å². The van der Waals surface area contributed by atoms with Gasteiger partial charge in [0.15, 0.2) is 5.65 Å². The third kappa shape index (κ3) is 2.62. The minimum Gasteiger partial charge on any atom is -0.336 e. The Morgan fingerprint density at radius 3 is 2.47 bits per heavy atom. The molecule has 1 aliphatic carbocycles. The van der Waals surface area contributed by atoms with Gasteiger partial charge < -0.3 is 4.98 Å². The topological polar surface area (TPSA) is 94.4 Å². The molecule has 0 spiro atoms. The first-order chi connectivity index (χ1) is 9.22. The molecule has 0 saturated heterocycles. The average molecular weight is 262 g/mol. The molecule has 1 fully saturated rings. The summed E-state index contributed by atoms with van der Waals surface area (Å²) in [5.74, 6) is 1.43. The van der Waals surface area contributed by atoms with Gasteiger partial charge >= 0.3 is 5.69 Å². The molecule has 102 valence electrons. The summed E-state index contributed by atoms with van der Waals surface area (Å²) in [5.41, 5.74) is -0.191. The van der Waals surface area contributed by atoms with Crippen molar-refractivity contribution in [3.05, 3.63) is 26.7 Å². The maximum Gasteiger partial charge on any atom is 0.327 e. The highest BCUT2D eigenvalue weighted by Gasteiger charge is 2.15. The van der Waals surface area contributed by atoms with E-state index >= 15 is 0 Å². The van der Waals surface area contributed by atoms with Crippen LogP contribution in [0.15, 0.2) is 9.59 Å². The van der Waals surface area contributed by atoms with Crippen LogP contribution in [0, 0.1) is 5.92 Å². The number of fused-ring (bicyclic) bond motifs is 1. The maximum atomic E-state index is 11.6. The molecule has 19 heavy (non-hydrogen) atoms. The molecule has 6 heteroatoms. The van der Waals surface area contributed by atoms with E-state index in [0.717, 1.165) is 12.2 Å². The monoisotopic (exact) mass is 262 g/mol. The normalized spacial score (nSPS) is 17.7. The third-order valence-electron chi connectivity index (χ3n) is 3.90. The average Bonchev–Trinajstić information content (AvgIpc) is 2.58. The van der Waals surface area contributed by atoms with Crippen LogP contribution in [0.4, 0.5) is 0 Å². The van der Waals surface area contributed by atoms with Crippen molar-refractivity contribution in [2.45, 2.75) is 44.9 Å². The number of aromatic nitrogens is 4. The molecule has 0 radical (unpaired) electrons. The largest absolute Gasteiger partial charge is 0.336 e. The zero-order chi connectivity index (χ0) is 13.2. The zero-order valence-electron chi connectivity index (χ0n) is 10.8.